The molecule has 3 rings (SSSR count). The van der Waals surface area contributed by atoms with Gasteiger partial charge in [-0.1, -0.05) is 5.21 Å². The molecular weight excluding hydrogens is 298 g/mol. The van der Waals surface area contributed by atoms with Crippen molar-refractivity contribution in [2.45, 2.75) is 12.0 Å². The number of ether oxygens (including phenoxy) is 2. The standard InChI is InChI=1S/C15H19N5O3/c1-19-8-12(17-18-19)11-7-20(9-13(11)22-2)15(21)10-4-5-14(23-3)16-6-10/h4-6,8,11,13H,7,9H2,1-3H3/t11-,13+/m0/s1. The number of aromatic nitrogens is 4. The van der Waals surface area contributed by atoms with Gasteiger partial charge in [-0.25, -0.2) is 4.98 Å². The van der Waals surface area contributed by atoms with Crippen LogP contribution in [0.4, 0.5) is 0 Å². The molecule has 1 saturated heterocycles. The van der Waals surface area contributed by atoms with E-state index in [1.165, 1.54) is 6.20 Å². The Morgan fingerprint density at radius 3 is 2.70 bits per heavy atom. The number of rotatable bonds is 4. The van der Waals surface area contributed by atoms with Crippen LogP contribution in [-0.2, 0) is 11.8 Å². The molecular formula is C15H19N5O3. The minimum atomic E-state index is -0.0955. The minimum Gasteiger partial charge on any atom is -0.481 e. The van der Waals surface area contributed by atoms with Gasteiger partial charge in [-0.15, -0.1) is 5.10 Å². The highest BCUT2D eigenvalue weighted by molar-refractivity contribution is 5.94. The van der Waals surface area contributed by atoms with E-state index in [2.05, 4.69) is 15.3 Å². The number of methoxy groups -OCH3 is 2. The van der Waals surface area contributed by atoms with E-state index >= 15 is 0 Å². The SMILES string of the molecule is COc1ccc(C(=O)N2C[C@@H](OC)[C@H](c3cn(C)nn3)C2)cn1. The molecule has 0 N–H and O–H groups in total. The number of aryl methyl sites for hydroxylation is 1. The maximum atomic E-state index is 12.6. The van der Waals surface area contributed by atoms with E-state index in [1.54, 1.807) is 35.9 Å². The highest BCUT2D eigenvalue weighted by atomic mass is 16.5. The molecule has 0 bridgehead atoms. The smallest absolute Gasteiger partial charge is 0.255 e. The number of hydrogen-bond donors (Lipinski definition) is 0. The van der Waals surface area contributed by atoms with Crippen molar-refractivity contribution in [3.05, 3.63) is 35.8 Å². The molecule has 0 unspecified atom stereocenters. The summed E-state index contributed by atoms with van der Waals surface area (Å²) in [6, 6.07) is 3.39. The third-order valence-electron chi connectivity index (χ3n) is 4.05. The lowest BCUT2D eigenvalue weighted by Crippen LogP contribution is -2.30. The quantitative estimate of drug-likeness (QED) is 0.815. The molecule has 2 atom stereocenters. The fraction of sp³-hybridized carbons (Fsp3) is 0.467. The third-order valence-corrected chi connectivity index (χ3v) is 4.05. The first kappa shape index (κ1) is 15.4. The molecule has 0 spiro atoms. The topological polar surface area (TPSA) is 82.4 Å². The van der Waals surface area contributed by atoms with Crippen LogP contribution in [0, 0.1) is 0 Å². The molecule has 2 aromatic heterocycles. The number of hydrogen-bond acceptors (Lipinski definition) is 6. The summed E-state index contributed by atoms with van der Waals surface area (Å²) in [5.41, 5.74) is 1.36. The largest absolute Gasteiger partial charge is 0.481 e. The number of carbonyl (C=O) groups is 1. The van der Waals surface area contributed by atoms with Crippen LogP contribution in [-0.4, -0.2) is 64.2 Å². The highest BCUT2D eigenvalue weighted by Crippen LogP contribution is 2.29. The van der Waals surface area contributed by atoms with Gasteiger partial charge < -0.3 is 14.4 Å². The van der Waals surface area contributed by atoms with Gasteiger partial charge in [0.1, 0.15) is 0 Å². The van der Waals surface area contributed by atoms with E-state index < -0.39 is 0 Å². The van der Waals surface area contributed by atoms with Crippen molar-refractivity contribution in [1.82, 2.24) is 24.9 Å². The van der Waals surface area contributed by atoms with Gasteiger partial charge in [-0.2, -0.15) is 0 Å². The van der Waals surface area contributed by atoms with Crippen LogP contribution in [0.3, 0.4) is 0 Å². The Morgan fingerprint density at radius 2 is 2.13 bits per heavy atom. The van der Waals surface area contributed by atoms with Crippen LogP contribution in [0.15, 0.2) is 24.5 Å². The summed E-state index contributed by atoms with van der Waals surface area (Å²) in [5.74, 6) is 0.424. The van der Waals surface area contributed by atoms with Gasteiger partial charge in [-0.05, 0) is 6.07 Å². The molecule has 0 aliphatic carbocycles. The average molecular weight is 317 g/mol. The van der Waals surface area contributed by atoms with Gasteiger partial charge >= 0.3 is 0 Å². The minimum absolute atomic E-state index is 0.0175. The number of nitrogens with zero attached hydrogens (tertiary/aromatic N) is 5. The molecule has 0 aromatic carbocycles. The average Bonchev–Trinajstić information content (AvgIpc) is 3.20. The molecule has 3 heterocycles. The van der Waals surface area contributed by atoms with Gasteiger partial charge in [-0.3, -0.25) is 9.48 Å². The second-order valence-corrected chi connectivity index (χ2v) is 5.50. The lowest BCUT2D eigenvalue weighted by Gasteiger charge is -2.15. The Labute approximate surface area is 134 Å². The summed E-state index contributed by atoms with van der Waals surface area (Å²) in [4.78, 5) is 18.5. The first-order valence-electron chi connectivity index (χ1n) is 7.30. The predicted octanol–water partition coefficient (Wildman–Crippen LogP) is 0.473. The molecule has 8 heteroatoms. The molecule has 1 aliphatic rings. The first-order chi connectivity index (χ1) is 11.1. The molecule has 8 nitrogen and oxygen atoms in total. The summed E-state index contributed by atoms with van der Waals surface area (Å²) in [6.07, 6.45) is 3.29. The monoisotopic (exact) mass is 317 g/mol. The summed E-state index contributed by atoms with van der Waals surface area (Å²) in [5, 5.41) is 8.11. The van der Waals surface area contributed by atoms with Crippen molar-refractivity contribution in [3.8, 4) is 5.88 Å². The van der Waals surface area contributed by atoms with Crippen molar-refractivity contribution in [2.75, 3.05) is 27.3 Å². The van der Waals surface area contributed by atoms with Gasteiger partial charge in [0.2, 0.25) is 5.88 Å². The normalized spacial score (nSPS) is 20.7. The van der Waals surface area contributed by atoms with E-state index in [1.807, 2.05) is 13.2 Å². The number of likely N-dealkylation sites (tertiary alicyclic amines) is 1. The fourth-order valence-electron chi connectivity index (χ4n) is 2.81. The van der Waals surface area contributed by atoms with E-state index in [4.69, 9.17) is 9.47 Å². The zero-order chi connectivity index (χ0) is 16.4. The Morgan fingerprint density at radius 1 is 1.30 bits per heavy atom. The van der Waals surface area contributed by atoms with Crippen LogP contribution in [0.2, 0.25) is 0 Å². The molecule has 122 valence electrons. The second kappa shape index (κ2) is 6.33. The van der Waals surface area contributed by atoms with Crippen molar-refractivity contribution in [3.63, 3.8) is 0 Å². The molecule has 1 amide bonds. The Bertz CT molecular complexity index is 685. The molecule has 2 aromatic rings. The third kappa shape index (κ3) is 3.02. The molecule has 1 fully saturated rings. The maximum Gasteiger partial charge on any atom is 0.255 e. The van der Waals surface area contributed by atoms with Crippen molar-refractivity contribution < 1.29 is 14.3 Å². The zero-order valence-corrected chi connectivity index (χ0v) is 13.3. The van der Waals surface area contributed by atoms with Gasteiger partial charge in [0.05, 0.1) is 30.4 Å². The number of pyridine rings is 1. The maximum absolute atomic E-state index is 12.6. The van der Waals surface area contributed by atoms with Crippen LogP contribution in [0.1, 0.15) is 22.0 Å². The summed E-state index contributed by atoms with van der Waals surface area (Å²) in [6.45, 7) is 1.06. The predicted molar refractivity (Wildman–Crippen MR) is 81.2 cm³/mol. The molecule has 0 radical (unpaired) electrons. The Kier molecular flexibility index (Phi) is 4.24. The highest BCUT2D eigenvalue weighted by Gasteiger charge is 2.38. The Balaban J connectivity index is 1.76. The van der Waals surface area contributed by atoms with Gasteiger partial charge in [0.25, 0.3) is 5.91 Å². The number of amides is 1. The fourth-order valence-corrected chi connectivity index (χ4v) is 2.81. The van der Waals surface area contributed by atoms with E-state index in [0.717, 1.165) is 5.69 Å². The van der Waals surface area contributed by atoms with Crippen LogP contribution >= 0.6 is 0 Å². The lowest BCUT2D eigenvalue weighted by molar-refractivity contribution is 0.0714. The number of carbonyl (C=O) groups excluding carboxylic acids is 1. The van der Waals surface area contributed by atoms with E-state index in [-0.39, 0.29) is 17.9 Å². The van der Waals surface area contributed by atoms with Crippen molar-refractivity contribution in [2.24, 2.45) is 7.05 Å². The zero-order valence-electron chi connectivity index (χ0n) is 13.3. The van der Waals surface area contributed by atoms with Gasteiger partial charge in [0, 0.05) is 45.7 Å². The molecule has 1 aliphatic heterocycles. The van der Waals surface area contributed by atoms with Crippen LogP contribution < -0.4 is 4.74 Å². The summed E-state index contributed by atoms with van der Waals surface area (Å²) >= 11 is 0. The summed E-state index contributed by atoms with van der Waals surface area (Å²) in [7, 11) is 5.01. The van der Waals surface area contributed by atoms with Crippen LogP contribution in [0.25, 0.3) is 0 Å². The van der Waals surface area contributed by atoms with Crippen molar-refractivity contribution in [1.29, 1.82) is 0 Å². The molecule has 23 heavy (non-hydrogen) atoms. The van der Waals surface area contributed by atoms with E-state index in [0.29, 0.717) is 24.5 Å². The Hall–Kier alpha value is -2.48. The van der Waals surface area contributed by atoms with Crippen LogP contribution in [0.5, 0.6) is 5.88 Å². The van der Waals surface area contributed by atoms with Gasteiger partial charge in [0.15, 0.2) is 0 Å². The van der Waals surface area contributed by atoms with Crippen molar-refractivity contribution >= 4 is 5.91 Å². The van der Waals surface area contributed by atoms with E-state index in [9.17, 15) is 4.79 Å². The summed E-state index contributed by atoms with van der Waals surface area (Å²) < 4.78 is 12.2. The first-order valence-corrected chi connectivity index (χ1v) is 7.30. The molecule has 0 saturated carbocycles. The lowest BCUT2D eigenvalue weighted by atomic mass is 10.0. The second-order valence-electron chi connectivity index (χ2n) is 5.50.